The summed E-state index contributed by atoms with van der Waals surface area (Å²) in [6.07, 6.45) is 2.69. The first-order chi connectivity index (χ1) is 6.18. The fraction of sp³-hybridized carbons (Fsp3) is 0.300. The molecule has 0 aliphatic carbocycles. The smallest absolute Gasteiger partial charge is 0.247 e. The highest BCUT2D eigenvalue weighted by atomic mass is 16.2. The summed E-state index contributed by atoms with van der Waals surface area (Å²) in [6.45, 7) is 3.70. The topological polar surface area (TPSA) is 34.0 Å². The Bertz CT molecular complexity index is 349. The van der Waals surface area contributed by atoms with E-state index in [2.05, 4.69) is 11.9 Å². The van der Waals surface area contributed by atoms with Crippen LogP contribution in [0.5, 0.6) is 0 Å². The molecule has 1 unspecified atom stereocenters. The van der Waals surface area contributed by atoms with E-state index in [1.807, 2.05) is 29.9 Å². The van der Waals surface area contributed by atoms with Crippen molar-refractivity contribution < 1.29 is 4.79 Å². The molecule has 2 heterocycles. The van der Waals surface area contributed by atoms with Crippen molar-refractivity contribution in [3.63, 3.8) is 0 Å². The van der Waals surface area contributed by atoms with Crippen LogP contribution in [0.1, 0.15) is 18.2 Å². The number of nitrogens with zero attached hydrogens (tertiary/aromatic N) is 1. The number of hydrogen-bond acceptors (Lipinski definition) is 1. The molecule has 1 aliphatic rings. The van der Waals surface area contributed by atoms with E-state index in [1.54, 1.807) is 0 Å². The van der Waals surface area contributed by atoms with Crippen molar-refractivity contribution in [2.24, 2.45) is 7.05 Å². The number of carbonyl (C=O) groups excluding carboxylic acids is 1. The highest BCUT2D eigenvalue weighted by molar-refractivity contribution is 5.95. The zero-order valence-electron chi connectivity index (χ0n) is 7.58. The molecule has 1 aromatic heterocycles. The van der Waals surface area contributed by atoms with Crippen molar-refractivity contribution in [3.05, 3.63) is 36.2 Å². The van der Waals surface area contributed by atoms with E-state index >= 15 is 0 Å². The second-order valence-electron chi connectivity index (χ2n) is 3.38. The number of rotatable bonds is 1. The average molecular weight is 176 g/mol. The van der Waals surface area contributed by atoms with Gasteiger partial charge in [0, 0.05) is 30.9 Å². The van der Waals surface area contributed by atoms with Gasteiger partial charge in [0.25, 0.3) is 0 Å². The van der Waals surface area contributed by atoms with Crippen LogP contribution in [0.15, 0.2) is 30.5 Å². The predicted molar refractivity (Wildman–Crippen MR) is 50.1 cm³/mol. The molecule has 3 nitrogen and oxygen atoms in total. The molecule has 2 rings (SSSR count). The summed E-state index contributed by atoms with van der Waals surface area (Å²) >= 11 is 0. The Morgan fingerprint density at radius 3 is 2.92 bits per heavy atom. The van der Waals surface area contributed by atoms with Crippen LogP contribution in [0, 0.1) is 0 Å². The monoisotopic (exact) mass is 176 g/mol. The largest absolute Gasteiger partial charge is 0.353 e. The maximum absolute atomic E-state index is 11.2. The van der Waals surface area contributed by atoms with E-state index in [0.29, 0.717) is 5.57 Å². The number of carbonyl (C=O) groups is 1. The molecule has 1 aliphatic heterocycles. The first kappa shape index (κ1) is 8.10. The number of aryl methyl sites for hydroxylation is 1. The Hall–Kier alpha value is -1.51. The van der Waals surface area contributed by atoms with Gasteiger partial charge in [0.2, 0.25) is 5.91 Å². The van der Waals surface area contributed by atoms with Crippen LogP contribution in [0.2, 0.25) is 0 Å². The molecule has 1 atom stereocenters. The zero-order chi connectivity index (χ0) is 9.42. The summed E-state index contributed by atoms with van der Waals surface area (Å²) < 4.78 is 2.02. The van der Waals surface area contributed by atoms with E-state index < -0.39 is 0 Å². The van der Waals surface area contributed by atoms with Gasteiger partial charge >= 0.3 is 0 Å². The molecule has 1 saturated heterocycles. The number of nitrogens with one attached hydrogen (secondary N) is 1. The van der Waals surface area contributed by atoms with Gasteiger partial charge in [0.1, 0.15) is 0 Å². The first-order valence-electron chi connectivity index (χ1n) is 4.28. The average Bonchev–Trinajstić information content (AvgIpc) is 2.60. The molecular weight excluding hydrogens is 164 g/mol. The lowest BCUT2D eigenvalue weighted by Gasteiger charge is -2.10. The maximum atomic E-state index is 11.2. The minimum absolute atomic E-state index is 0.0220. The quantitative estimate of drug-likeness (QED) is 0.640. The first-order valence-corrected chi connectivity index (χ1v) is 4.28. The summed E-state index contributed by atoms with van der Waals surface area (Å²) in [5, 5.41) is 2.89. The minimum atomic E-state index is -0.0220. The molecule has 3 heteroatoms. The molecule has 13 heavy (non-hydrogen) atoms. The summed E-state index contributed by atoms with van der Waals surface area (Å²) in [5.41, 5.74) is 1.80. The third-order valence-electron chi connectivity index (χ3n) is 2.42. The molecule has 1 amide bonds. The highest BCUT2D eigenvalue weighted by Gasteiger charge is 2.26. The molecule has 1 aromatic rings. The van der Waals surface area contributed by atoms with Crippen LogP contribution in [-0.4, -0.2) is 10.5 Å². The van der Waals surface area contributed by atoms with Crippen LogP contribution in [-0.2, 0) is 11.8 Å². The number of hydrogen-bond donors (Lipinski definition) is 1. The van der Waals surface area contributed by atoms with Gasteiger partial charge in [-0.25, -0.2) is 0 Å². The SMILES string of the molecule is C=C1CC(c2cccn2C)NC1=O. The van der Waals surface area contributed by atoms with Crippen molar-refractivity contribution >= 4 is 5.91 Å². The van der Waals surface area contributed by atoms with Crippen LogP contribution in [0.3, 0.4) is 0 Å². The molecule has 0 saturated carbocycles. The molecule has 68 valence electrons. The molecule has 0 aromatic carbocycles. The highest BCUT2D eigenvalue weighted by Crippen LogP contribution is 2.26. The number of aromatic nitrogens is 1. The minimum Gasteiger partial charge on any atom is -0.353 e. The van der Waals surface area contributed by atoms with Crippen molar-refractivity contribution in [2.75, 3.05) is 0 Å². The molecule has 0 spiro atoms. The van der Waals surface area contributed by atoms with E-state index in [0.717, 1.165) is 12.1 Å². The predicted octanol–water partition coefficient (Wildman–Crippen LogP) is 1.14. The Kier molecular flexibility index (Phi) is 1.72. The van der Waals surface area contributed by atoms with E-state index in [9.17, 15) is 4.79 Å². The molecule has 0 bridgehead atoms. The normalized spacial score (nSPS) is 22.1. The van der Waals surface area contributed by atoms with Gasteiger partial charge in [0.05, 0.1) is 6.04 Å². The summed E-state index contributed by atoms with van der Waals surface area (Å²) in [4.78, 5) is 11.2. The summed E-state index contributed by atoms with van der Waals surface area (Å²) in [5.74, 6) is -0.0220. The lowest BCUT2D eigenvalue weighted by atomic mass is 10.1. The third kappa shape index (κ3) is 1.26. The molecular formula is C10H12N2O. The fourth-order valence-corrected chi connectivity index (χ4v) is 1.67. The van der Waals surface area contributed by atoms with E-state index in [1.165, 1.54) is 0 Å². The fourth-order valence-electron chi connectivity index (χ4n) is 1.67. The Balaban J connectivity index is 2.26. The Labute approximate surface area is 77.1 Å². The second-order valence-corrected chi connectivity index (χ2v) is 3.38. The van der Waals surface area contributed by atoms with Crippen LogP contribution in [0.4, 0.5) is 0 Å². The lowest BCUT2D eigenvalue weighted by molar-refractivity contribution is -0.116. The lowest BCUT2D eigenvalue weighted by Crippen LogP contribution is -2.20. The second kappa shape index (κ2) is 2.76. The van der Waals surface area contributed by atoms with Crippen molar-refractivity contribution in [2.45, 2.75) is 12.5 Å². The Morgan fingerprint density at radius 2 is 2.46 bits per heavy atom. The van der Waals surface area contributed by atoms with Gasteiger partial charge in [-0.05, 0) is 12.1 Å². The van der Waals surface area contributed by atoms with Gasteiger partial charge in [-0.3, -0.25) is 4.79 Å². The van der Waals surface area contributed by atoms with Gasteiger partial charge in [-0.1, -0.05) is 6.58 Å². The molecule has 0 radical (unpaired) electrons. The van der Waals surface area contributed by atoms with Gasteiger partial charge in [-0.2, -0.15) is 0 Å². The Morgan fingerprint density at radius 1 is 1.69 bits per heavy atom. The summed E-state index contributed by atoms with van der Waals surface area (Å²) in [7, 11) is 1.97. The van der Waals surface area contributed by atoms with E-state index in [4.69, 9.17) is 0 Å². The summed E-state index contributed by atoms with van der Waals surface area (Å²) in [6, 6.07) is 4.10. The van der Waals surface area contributed by atoms with Crippen molar-refractivity contribution in [1.82, 2.24) is 9.88 Å². The standard InChI is InChI=1S/C10H12N2O/c1-7-6-8(11-10(7)13)9-4-3-5-12(9)2/h3-5,8H,1,6H2,2H3,(H,11,13). The zero-order valence-corrected chi connectivity index (χ0v) is 7.58. The number of amides is 1. The van der Waals surface area contributed by atoms with Gasteiger partial charge in [-0.15, -0.1) is 0 Å². The van der Waals surface area contributed by atoms with E-state index in [-0.39, 0.29) is 11.9 Å². The third-order valence-corrected chi connectivity index (χ3v) is 2.42. The maximum Gasteiger partial charge on any atom is 0.247 e. The van der Waals surface area contributed by atoms with Crippen LogP contribution >= 0.6 is 0 Å². The van der Waals surface area contributed by atoms with Gasteiger partial charge in [0.15, 0.2) is 0 Å². The van der Waals surface area contributed by atoms with Crippen molar-refractivity contribution in [3.8, 4) is 0 Å². The molecule has 1 N–H and O–H groups in total. The van der Waals surface area contributed by atoms with Crippen molar-refractivity contribution in [1.29, 1.82) is 0 Å². The van der Waals surface area contributed by atoms with Crippen LogP contribution in [0.25, 0.3) is 0 Å². The van der Waals surface area contributed by atoms with Gasteiger partial charge < -0.3 is 9.88 Å². The van der Waals surface area contributed by atoms with Crippen LogP contribution < -0.4 is 5.32 Å². The molecule has 1 fully saturated rings.